The van der Waals surface area contributed by atoms with Gasteiger partial charge in [0.05, 0.1) is 20.0 Å². The Labute approximate surface area is 155 Å². The molecule has 1 fully saturated rings. The van der Waals surface area contributed by atoms with Crippen LogP contribution in [0.5, 0.6) is 11.5 Å². The summed E-state index contributed by atoms with van der Waals surface area (Å²) in [5.74, 6) is 0.814. The SMILES string of the molecule is COc1cc(OC)cc(C(=O)NCCS(=O)(=O)N[C@@H]2CCCC[C@H]2C)c1. The van der Waals surface area contributed by atoms with Gasteiger partial charge in [-0.2, -0.15) is 0 Å². The van der Waals surface area contributed by atoms with Crippen LogP contribution in [-0.2, 0) is 10.0 Å². The van der Waals surface area contributed by atoms with Crippen molar-refractivity contribution in [3.05, 3.63) is 23.8 Å². The Hall–Kier alpha value is -1.80. The number of benzene rings is 1. The molecule has 1 aromatic rings. The molecule has 2 N–H and O–H groups in total. The van der Waals surface area contributed by atoms with Gasteiger partial charge in [-0.05, 0) is 30.9 Å². The molecule has 8 heteroatoms. The van der Waals surface area contributed by atoms with Crippen molar-refractivity contribution in [1.82, 2.24) is 10.0 Å². The summed E-state index contributed by atoms with van der Waals surface area (Å²) in [7, 11) is -0.430. The van der Waals surface area contributed by atoms with Crippen molar-refractivity contribution < 1.29 is 22.7 Å². The molecule has 2 rings (SSSR count). The summed E-state index contributed by atoms with van der Waals surface area (Å²) >= 11 is 0. The summed E-state index contributed by atoms with van der Waals surface area (Å²) in [5.41, 5.74) is 0.354. The van der Waals surface area contributed by atoms with Crippen molar-refractivity contribution >= 4 is 15.9 Å². The van der Waals surface area contributed by atoms with Gasteiger partial charge in [-0.1, -0.05) is 19.8 Å². The van der Waals surface area contributed by atoms with E-state index in [1.54, 1.807) is 18.2 Å². The molecular formula is C18H28N2O5S. The summed E-state index contributed by atoms with van der Waals surface area (Å²) in [6, 6.07) is 4.81. The van der Waals surface area contributed by atoms with Crippen LogP contribution in [0, 0.1) is 5.92 Å². The van der Waals surface area contributed by atoms with Crippen LogP contribution in [0.1, 0.15) is 43.0 Å². The molecule has 0 saturated heterocycles. The predicted octanol–water partition coefficient (Wildman–Crippen LogP) is 1.93. The van der Waals surface area contributed by atoms with Crippen LogP contribution in [-0.4, -0.2) is 46.9 Å². The second-order valence-electron chi connectivity index (χ2n) is 6.66. The van der Waals surface area contributed by atoms with E-state index >= 15 is 0 Å². The van der Waals surface area contributed by atoms with Gasteiger partial charge in [0.2, 0.25) is 10.0 Å². The monoisotopic (exact) mass is 384 g/mol. The van der Waals surface area contributed by atoms with E-state index in [0.717, 1.165) is 25.7 Å². The third kappa shape index (κ3) is 5.88. The van der Waals surface area contributed by atoms with Crippen LogP contribution in [0.4, 0.5) is 0 Å². The minimum absolute atomic E-state index is 0.00732. The van der Waals surface area contributed by atoms with Gasteiger partial charge in [-0.3, -0.25) is 4.79 Å². The maximum atomic E-state index is 12.3. The largest absolute Gasteiger partial charge is 0.497 e. The first-order valence-corrected chi connectivity index (χ1v) is 10.5. The van der Waals surface area contributed by atoms with Crippen LogP contribution < -0.4 is 19.5 Å². The molecule has 1 aromatic carbocycles. The first-order valence-electron chi connectivity index (χ1n) is 8.86. The average Bonchev–Trinajstić information content (AvgIpc) is 2.62. The normalized spacial score (nSPS) is 20.4. The molecule has 0 radical (unpaired) electrons. The van der Waals surface area contributed by atoms with Crippen molar-refractivity contribution in [2.24, 2.45) is 5.92 Å². The molecule has 1 amide bonds. The van der Waals surface area contributed by atoms with Crippen molar-refractivity contribution in [1.29, 1.82) is 0 Å². The van der Waals surface area contributed by atoms with Crippen LogP contribution in [0.3, 0.4) is 0 Å². The van der Waals surface area contributed by atoms with Crippen molar-refractivity contribution in [2.45, 2.75) is 38.6 Å². The molecule has 0 aliphatic heterocycles. The van der Waals surface area contributed by atoms with Crippen molar-refractivity contribution in [3.8, 4) is 11.5 Å². The molecule has 7 nitrogen and oxygen atoms in total. The van der Waals surface area contributed by atoms with Gasteiger partial charge in [-0.25, -0.2) is 13.1 Å². The lowest BCUT2D eigenvalue weighted by atomic mass is 9.87. The van der Waals surface area contributed by atoms with E-state index in [1.807, 2.05) is 0 Å². The number of methoxy groups -OCH3 is 2. The number of rotatable bonds is 8. The molecular weight excluding hydrogens is 356 g/mol. The quantitative estimate of drug-likeness (QED) is 0.714. The molecule has 0 aromatic heterocycles. The fourth-order valence-corrected chi connectivity index (χ4v) is 4.42. The maximum absolute atomic E-state index is 12.3. The molecule has 2 atom stereocenters. The fraction of sp³-hybridized carbons (Fsp3) is 0.611. The van der Waals surface area contributed by atoms with Gasteiger partial charge in [-0.15, -0.1) is 0 Å². The molecule has 146 valence electrons. The number of amides is 1. The number of ether oxygens (including phenoxy) is 2. The highest BCUT2D eigenvalue weighted by Crippen LogP contribution is 2.24. The van der Waals surface area contributed by atoms with Gasteiger partial charge in [0.25, 0.3) is 5.91 Å². The first kappa shape index (κ1) is 20.5. The van der Waals surface area contributed by atoms with Gasteiger partial charge < -0.3 is 14.8 Å². The number of sulfonamides is 1. The summed E-state index contributed by atoms with van der Waals surface area (Å²) in [6.45, 7) is 2.11. The van der Waals surface area contributed by atoms with Gasteiger partial charge in [0.1, 0.15) is 11.5 Å². The fourth-order valence-electron chi connectivity index (χ4n) is 3.12. The molecule has 0 heterocycles. The third-order valence-corrected chi connectivity index (χ3v) is 6.12. The molecule has 1 aliphatic rings. The highest BCUT2D eigenvalue weighted by atomic mass is 32.2. The zero-order chi connectivity index (χ0) is 19.2. The lowest BCUT2D eigenvalue weighted by Gasteiger charge is -2.29. The second-order valence-corrected chi connectivity index (χ2v) is 8.54. The van der Waals surface area contributed by atoms with Gasteiger partial charge >= 0.3 is 0 Å². The van der Waals surface area contributed by atoms with E-state index in [9.17, 15) is 13.2 Å². The van der Waals surface area contributed by atoms with Crippen molar-refractivity contribution in [3.63, 3.8) is 0 Å². The first-order chi connectivity index (χ1) is 12.3. The predicted molar refractivity (Wildman–Crippen MR) is 100 cm³/mol. The molecule has 0 spiro atoms. The highest BCUT2D eigenvalue weighted by molar-refractivity contribution is 7.89. The van der Waals surface area contributed by atoms with Gasteiger partial charge in [0.15, 0.2) is 0 Å². The Morgan fingerprint density at radius 1 is 1.12 bits per heavy atom. The lowest BCUT2D eigenvalue weighted by Crippen LogP contribution is -2.43. The number of hydrogen-bond donors (Lipinski definition) is 2. The summed E-state index contributed by atoms with van der Waals surface area (Å²) in [5, 5.41) is 2.64. The number of nitrogens with one attached hydrogen (secondary N) is 2. The topological polar surface area (TPSA) is 93.7 Å². The number of carbonyl (C=O) groups excluding carboxylic acids is 1. The highest BCUT2D eigenvalue weighted by Gasteiger charge is 2.25. The minimum Gasteiger partial charge on any atom is -0.497 e. The lowest BCUT2D eigenvalue weighted by molar-refractivity contribution is 0.0955. The summed E-state index contributed by atoms with van der Waals surface area (Å²) < 4.78 is 37.6. The van der Waals surface area contributed by atoms with E-state index in [2.05, 4.69) is 17.0 Å². The molecule has 1 aliphatic carbocycles. The van der Waals surface area contributed by atoms with Crippen molar-refractivity contribution in [2.75, 3.05) is 26.5 Å². The molecule has 26 heavy (non-hydrogen) atoms. The van der Waals surface area contributed by atoms with Crippen LogP contribution >= 0.6 is 0 Å². The Kier molecular flexibility index (Phi) is 7.28. The average molecular weight is 384 g/mol. The Bertz CT molecular complexity index is 698. The summed E-state index contributed by atoms with van der Waals surface area (Å²) in [4.78, 5) is 12.3. The van der Waals surface area contributed by atoms with Crippen LogP contribution in [0.2, 0.25) is 0 Å². The van der Waals surface area contributed by atoms with E-state index in [-0.39, 0.29) is 24.2 Å². The zero-order valence-electron chi connectivity index (χ0n) is 15.6. The van der Waals surface area contributed by atoms with Gasteiger partial charge in [0, 0.05) is 24.2 Å². The Morgan fingerprint density at radius 3 is 2.31 bits per heavy atom. The van der Waals surface area contributed by atoms with E-state index in [4.69, 9.17) is 9.47 Å². The van der Waals surface area contributed by atoms with E-state index in [0.29, 0.717) is 23.0 Å². The minimum atomic E-state index is -3.43. The van der Waals surface area contributed by atoms with Crippen LogP contribution in [0.25, 0.3) is 0 Å². The Morgan fingerprint density at radius 2 is 1.73 bits per heavy atom. The summed E-state index contributed by atoms with van der Waals surface area (Å²) in [6.07, 6.45) is 4.11. The smallest absolute Gasteiger partial charge is 0.251 e. The third-order valence-electron chi connectivity index (χ3n) is 4.71. The van der Waals surface area contributed by atoms with E-state index < -0.39 is 10.0 Å². The number of hydrogen-bond acceptors (Lipinski definition) is 5. The van der Waals surface area contributed by atoms with Crippen LogP contribution in [0.15, 0.2) is 18.2 Å². The second kappa shape index (κ2) is 9.23. The van der Waals surface area contributed by atoms with E-state index in [1.165, 1.54) is 14.2 Å². The number of carbonyl (C=O) groups is 1. The standard InChI is InChI=1S/C18H28N2O5S/c1-13-6-4-5-7-17(13)20-26(22,23)9-8-19-18(21)14-10-15(24-2)12-16(11-14)25-3/h10-13,17,20H,4-9H2,1-3H3,(H,19,21)/t13-,17-/m1/s1. The molecule has 1 saturated carbocycles. The zero-order valence-corrected chi connectivity index (χ0v) is 16.4. The maximum Gasteiger partial charge on any atom is 0.251 e. The molecule has 0 unspecified atom stereocenters. The molecule has 0 bridgehead atoms. The Balaban J connectivity index is 1.89.